The van der Waals surface area contributed by atoms with Crippen molar-refractivity contribution in [3.63, 3.8) is 0 Å². The molecular formula is C31H42N4O6. The molecular weight excluding hydrogens is 524 g/mol. The van der Waals surface area contributed by atoms with Gasteiger partial charge in [-0.05, 0) is 63.0 Å². The number of hydrogen-bond acceptors (Lipinski definition) is 7. The summed E-state index contributed by atoms with van der Waals surface area (Å²) in [6.07, 6.45) is 3.75. The van der Waals surface area contributed by atoms with Crippen molar-refractivity contribution in [2.75, 3.05) is 39.8 Å². The third kappa shape index (κ3) is 8.86. The van der Waals surface area contributed by atoms with Gasteiger partial charge in [-0.25, -0.2) is 4.79 Å². The van der Waals surface area contributed by atoms with E-state index in [1.54, 1.807) is 30.0 Å². The molecule has 2 aromatic carbocycles. The van der Waals surface area contributed by atoms with E-state index in [9.17, 15) is 24.8 Å². The standard InChI is InChI=1S/C31H42N4O6/c1-5-18-34(30(38)41-22-25-11-13-28(14-12-25)35(39)40)27-15-19-33(20-16-27)21-17-31(3,26-9-7-6-8-10-26)23-32(4)24(2)29(36)37/h5-14,24,27H,1,15-23H2,2-4H3,(H,36,37)/t24-,31+/m0/s1. The predicted molar refractivity (Wildman–Crippen MR) is 158 cm³/mol. The summed E-state index contributed by atoms with van der Waals surface area (Å²) in [6.45, 7) is 11.3. The lowest BCUT2D eigenvalue weighted by molar-refractivity contribution is -0.384. The number of hydrogen-bond donors (Lipinski definition) is 1. The number of likely N-dealkylation sites (N-methyl/N-ethyl adjacent to an activating group) is 1. The van der Waals surface area contributed by atoms with Crippen LogP contribution in [0, 0.1) is 10.1 Å². The number of non-ortho nitro benzene ring substituents is 1. The number of carboxylic acid groups (broad SMARTS) is 1. The second-order valence-electron chi connectivity index (χ2n) is 11.1. The highest BCUT2D eigenvalue weighted by Crippen LogP contribution is 2.30. The van der Waals surface area contributed by atoms with Crippen LogP contribution in [0.15, 0.2) is 67.3 Å². The van der Waals surface area contributed by atoms with Crippen molar-refractivity contribution in [3.05, 3.63) is 88.5 Å². The van der Waals surface area contributed by atoms with Crippen LogP contribution in [0.4, 0.5) is 10.5 Å². The van der Waals surface area contributed by atoms with E-state index in [0.717, 1.165) is 38.9 Å². The fraction of sp³-hybridized carbons (Fsp3) is 0.484. The summed E-state index contributed by atoms with van der Waals surface area (Å²) < 4.78 is 5.55. The molecule has 1 N–H and O–H groups in total. The third-order valence-electron chi connectivity index (χ3n) is 8.14. The highest BCUT2D eigenvalue weighted by atomic mass is 16.6. The van der Waals surface area contributed by atoms with Crippen molar-refractivity contribution in [1.82, 2.24) is 14.7 Å². The Morgan fingerprint density at radius 2 is 1.83 bits per heavy atom. The molecule has 2 aromatic rings. The van der Waals surface area contributed by atoms with E-state index < -0.39 is 23.0 Å². The average Bonchev–Trinajstić information content (AvgIpc) is 2.98. The van der Waals surface area contributed by atoms with Crippen LogP contribution in [-0.4, -0.2) is 88.6 Å². The topological polar surface area (TPSA) is 116 Å². The molecule has 1 aliphatic rings. The number of likely N-dealkylation sites (tertiary alicyclic amines) is 1. The molecule has 0 saturated carbocycles. The molecule has 1 saturated heterocycles. The number of nitro groups is 1. The second-order valence-corrected chi connectivity index (χ2v) is 11.1. The summed E-state index contributed by atoms with van der Waals surface area (Å²) >= 11 is 0. The van der Waals surface area contributed by atoms with Crippen LogP contribution in [0.1, 0.15) is 44.2 Å². The number of nitrogens with zero attached hydrogens (tertiary/aromatic N) is 4. The van der Waals surface area contributed by atoms with E-state index in [0.29, 0.717) is 18.7 Å². The Morgan fingerprint density at radius 3 is 2.39 bits per heavy atom. The third-order valence-corrected chi connectivity index (χ3v) is 8.14. The summed E-state index contributed by atoms with van der Waals surface area (Å²) in [5.41, 5.74) is 1.63. The van der Waals surface area contributed by atoms with Gasteiger partial charge in [-0.1, -0.05) is 43.3 Å². The Balaban J connectivity index is 1.56. The Bertz CT molecular complexity index is 1170. The number of aliphatic carboxylic acids is 1. The predicted octanol–water partition coefficient (Wildman–Crippen LogP) is 4.94. The van der Waals surface area contributed by atoms with Gasteiger partial charge in [0.25, 0.3) is 5.69 Å². The molecule has 41 heavy (non-hydrogen) atoms. The molecule has 222 valence electrons. The molecule has 2 atom stereocenters. The van der Waals surface area contributed by atoms with Gasteiger partial charge in [-0.2, -0.15) is 0 Å². The van der Waals surface area contributed by atoms with Crippen molar-refractivity contribution in [3.8, 4) is 0 Å². The molecule has 0 spiro atoms. The number of rotatable bonds is 14. The summed E-state index contributed by atoms with van der Waals surface area (Å²) in [4.78, 5) is 41.0. The van der Waals surface area contributed by atoms with Gasteiger partial charge in [-0.3, -0.25) is 19.8 Å². The lowest BCUT2D eigenvalue weighted by Crippen LogP contribution is -2.49. The van der Waals surface area contributed by atoms with Crippen molar-refractivity contribution < 1.29 is 24.4 Å². The minimum atomic E-state index is -0.833. The van der Waals surface area contributed by atoms with Gasteiger partial charge in [0.2, 0.25) is 0 Å². The molecule has 1 amide bonds. The minimum Gasteiger partial charge on any atom is -0.480 e. The molecule has 0 unspecified atom stereocenters. The summed E-state index contributed by atoms with van der Waals surface area (Å²) in [7, 11) is 1.86. The number of benzene rings is 2. The normalized spacial score (nSPS) is 16.5. The maximum absolute atomic E-state index is 13.0. The molecule has 0 aliphatic carbocycles. The fourth-order valence-electron chi connectivity index (χ4n) is 5.34. The number of ether oxygens (including phenoxy) is 1. The first kappa shape index (κ1) is 31.8. The lowest BCUT2D eigenvalue weighted by atomic mass is 9.78. The van der Waals surface area contributed by atoms with Crippen molar-refractivity contribution in [2.45, 2.75) is 57.2 Å². The summed E-state index contributed by atoms with van der Waals surface area (Å²) in [6, 6.07) is 15.7. The number of carbonyl (C=O) groups is 2. The molecule has 0 radical (unpaired) electrons. The maximum Gasteiger partial charge on any atom is 0.410 e. The smallest absolute Gasteiger partial charge is 0.410 e. The zero-order valence-electron chi connectivity index (χ0n) is 24.3. The van der Waals surface area contributed by atoms with Crippen molar-refractivity contribution >= 4 is 17.7 Å². The largest absolute Gasteiger partial charge is 0.480 e. The monoisotopic (exact) mass is 566 g/mol. The van der Waals surface area contributed by atoms with Gasteiger partial charge >= 0.3 is 12.1 Å². The molecule has 10 nitrogen and oxygen atoms in total. The number of nitro benzene ring substituents is 1. The number of piperidine rings is 1. The van der Waals surface area contributed by atoms with Crippen molar-refractivity contribution in [2.24, 2.45) is 0 Å². The van der Waals surface area contributed by atoms with E-state index >= 15 is 0 Å². The van der Waals surface area contributed by atoms with Gasteiger partial charge in [0.05, 0.1) is 4.92 Å². The van der Waals surface area contributed by atoms with Crippen LogP contribution < -0.4 is 0 Å². The number of carbonyl (C=O) groups excluding carboxylic acids is 1. The highest BCUT2D eigenvalue weighted by molar-refractivity contribution is 5.72. The first-order valence-corrected chi connectivity index (χ1v) is 14.0. The highest BCUT2D eigenvalue weighted by Gasteiger charge is 2.33. The van der Waals surface area contributed by atoms with Crippen LogP contribution >= 0.6 is 0 Å². The van der Waals surface area contributed by atoms with Gasteiger partial charge in [0.1, 0.15) is 12.6 Å². The molecule has 1 aliphatic heterocycles. The Morgan fingerprint density at radius 1 is 1.20 bits per heavy atom. The van der Waals surface area contributed by atoms with Gasteiger partial charge in [-0.15, -0.1) is 6.58 Å². The van der Waals surface area contributed by atoms with Crippen LogP contribution in [0.5, 0.6) is 0 Å². The van der Waals surface area contributed by atoms with E-state index in [1.165, 1.54) is 17.7 Å². The fourth-order valence-corrected chi connectivity index (χ4v) is 5.34. The Kier molecular flexibility index (Phi) is 11.4. The Hall–Kier alpha value is -3.76. The molecule has 0 aromatic heterocycles. The first-order valence-electron chi connectivity index (χ1n) is 14.0. The van der Waals surface area contributed by atoms with E-state index in [2.05, 4.69) is 30.5 Å². The summed E-state index contributed by atoms with van der Waals surface area (Å²) in [5.74, 6) is -0.833. The molecule has 0 bridgehead atoms. The number of amides is 1. The van der Waals surface area contributed by atoms with Crippen molar-refractivity contribution in [1.29, 1.82) is 0 Å². The maximum atomic E-state index is 13.0. The number of carboxylic acids is 1. The molecule has 1 fully saturated rings. The first-order chi connectivity index (χ1) is 19.5. The van der Waals surface area contributed by atoms with E-state index in [1.807, 2.05) is 30.1 Å². The SMILES string of the molecule is C=CCN(C(=O)OCc1ccc([N+](=O)[O-])cc1)C1CCN(CC[C@](C)(CN(C)[C@@H](C)C(=O)O)c2ccccc2)CC1. The Labute approximate surface area is 242 Å². The van der Waals surface area contributed by atoms with Gasteiger partial charge < -0.3 is 19.6 Å². The van der Waals surface area contributed by atoms with E-state index in [-0.39, 0.29) is 23.8 Å². The van der Waals surface area contributed by atoms with Crippen LogP contribution in [0.3, 0.4) is 0 Å². The quantitative estimate of drug-likeness (QED) is 0.194. The van der Waals surface area contributed by atoms with E-state index in [4.69, 9.17) is 4.74 Å². The van der Waals surface area contributed by atoms with Crippen LogP contribution in [0.25, 0.3) is 0 Å². The second kappa shape index (κ2) is 14.7. The zero-order chi connectivity index (χ0) is 30.0. The minimum absolute atomic E-state index is 0.00829. The molecule has 10 heteroatoms. The van der Waals surface area contributed by atoms with Crippen LogP contribution in [0.2, 0.25) is 0 Å². The molecule has 1 heterocycles. The van der Waals surface area contributed by atoms with Gasteiger partial charge in [0, 0.05) is 49.8 Å². The average molecular weight is 567 g/mol. The summed E-state index contributed by atoms with van der Waals surface area (Å²) in [5, 5.41) is 20.4. The lowest BCUT2D eigenvalue weighted by Gasteiger charge is -2.40. The zero-order valence-corrected chi connectivity index (χ0v) is 24.3. The van der Waals surface area contributed by atoms with Crippen LogP contribution in [-0.2, 0) is 21.6 Å². The molecule has 3 rings (SSSR count). The van der Waals surface area contributed by atoms with Gasteiger partial charge in [0.15, 0.2) is 0 Å².